The van der Waals surface area contributed by atoms with Crippen molar-refractivity contribution in [3.63, 3.8) is 0 Å². The van der Waals surface area contributed by atoms with Gasteiger partial charge in [0.1, 0.15) is 0 Å². The van der Waals surface area contributed by atoms with Crippen LogP contribution in [0.2, 0.25) is 4.44 Å². The van der Waals surface area contributed by atoms with Crippen LogP contribution in [0, 0.1) is 0 Å². The van der Waals surface area contributed by atoms with Crippen molar-refractivity contribution < 1.29 is 23.6 Å². The molecular formula is C26H38O6Sn. The summed E-state index contributed by atoms with van der Waals surface area (Å²) >= 11 is -4.95. The summed E-state index contributed by atoms with van der Waals surface area (Å²) in [6.07, 6.45) is 24.4. The summed E-state index contributed by atoms with van der Waals surface area (Å²) in [5.74, 6) is -2.11. The fourth-order valence-electron chi connectivity index (χ4n) is 2.63. The molecule has 0 heterocycles. The van der Waals surface area contributed by atoms with E-state index in [-0.39, 0.29) is 4.44 Å². The molecule has 0 aromatic carbocycles. The average Bonchev–Trinajstić information content (AvgIpc) is 2.76. The number of rotatable bonds is 16. The van der Waals surface area contributed by atoms with Crippen molar-refractivity contribution in [3.8, 4) is 0 Å². The molecule has 182 valence electrons. The summed E-state index contributed by atoms with van der Waals surface area (Å²) in [6.45, 7) is 7.59. The Morgan fingerprint density at radius 3 is 1.30 bits per heavy atom. The van der Waals surface area contributed by atoms with Gasteiger partial charge < -0.3 is 0 Å². The third-order valence-corrected chi connectivity index (χ3v) is 11.4. The quantitative estimate of drug-likeness (QED) is 0.0945. The number of hydrogen-bond acceptors (Lipinski definition) is 6. The monoisotopic (exact) mass is 566 g/mol. The molecule has 0 aliphatic carbocycles. The van der Waals surface area contributed by atoms with Gasteiger partial charge in [-0.25, -0.2) is 0 Å². The van der Waals surface area contributed by atoms with Crippen molar-refractivity contribution in [1.29, 1.82) is 0 Å². The second kappa shape index (κ2) is 20.3. The van der Waals surface area contributed by atoms with E-state index in [1.807, 2.05) is 20.8 Å². The predicted molar refractivity (Wildman–Crippen MR) is 134 cm³/mol. The molecule has 7 heteroatoms. The van der Waals surface area contributed by atoms with Crippen molar-refractivity contribution in [2.75, 3.05) is 0 Å². The molecule has 0 aromatic rings. The zero-order chi connectivity index (χ0) is 24.8. The van der Waals surface area contributed by atoms with Gasteiger partial charge in [-0.15, -0.1) is 0 Å². The van der Waals surface area contributed by atoms with E-state index < -0.39 is 37.5 Å². The van der Waals surface area contributed by atoms with Crippen LogP contribution in [0.1, 0.15) is 66.2 Å². The zero-order valence-electron chi connectivity index (χ0n) is 20.3. The van der Waals surface area contributed by atoms with Gasteiger partial charge >= 0.3 is 205 Å². The summed E-state index contributed by atoms with van der Waals surface area (Å²) in [4.78, 5) is 37.4. The molecule has 0 unspecified atom stereocenters. The van der Waals surface area contributed by atoms with Crippen molar-refractivity contribution in [2.45, 2.75) is 70.7 Å². The van der Waals surface area contributed by atoms with Gasteiger partial charge in [-0.2, -0.15) is 0 Å². The third kappa shape index (κ3) is 16.9. The van der Waals surface area contributed by atoms with Crippen LogP contribution in [0.3, 0.4) is 0 Å². The maximum atomic E-state index is 12.5. The Balaban J connectivity index is 5.76. The van der Waals surface area contributed by atoms with Crippen LogP contribution in [0.5, 0.6) is 0 Å². The van der Waals surface area contributed by atoms with Gasteiger partial charge in [0, 0.05) is 0 Å². The average molecular weight is 565 g/mol. The van der Waals surface area contributed by atoms with Gasteiger partial charge in [0.2, 0.25) is 0 Å². The molecule has 0 aliphatic rings. The fraction of sp³-hybridized carbons (Fsp3) is 0.423. The van der Waals surface area contributed by atoms with Crippen LogP contribution in [0.4, 0.5) is 0 Å². The van der Waals surface area contributed by atoms with Crippen LogP contribution in [-0.2, 0) is 23.6 Å². The molecule has 0 saturated heterocycles. The molecule has 0 aromatic heterocycles. The Labute approximate surface area is 204 Å². The molecule has 0 atom stereocenters. The Kier molecular flexibility index (Phi) is 18.8. The summed E-state index contributed by atoms with van der Waals surface area (Å²) in [7, 11) is 0. The molecule has 0 radical (unpaired) electrons. The van der Waals surface area contributed by atoms with Crippen molar-refractivity contribution >= 4 is 37.5 Å². The molecular weight excluding hydrogens is 527 g/mol. The van der Waals surface area contributed by atoms with Gasteiger partial charge in [-0.05, 0) is 0 Å². The van der Waals surface area contributed by atoms with Gasteiger partial charge in [-0.3, -0.25) is 0 Å². The van der Waals surface area contributed by atoms with E-state index in [9.17, 15) is 14.4 Å². The number of hydrogen-bond donors (Lipinski definition) is 0. The van der Waals surface area contributed by atoms with Crippen LogP contribution >= 0.6 is 0 Å². The molecule has 0 N–H and O–H groups in total. The molecule has 0 aliphatic heterocycles. The minimum absolute atomic E-state index is 0.233. The molecule has 0 rings (SSSR count). The first-order chi connectivity index (χ1) is 15.9. The molecule has 6 nitrogen and oxygen atoms in total. The Hall–Kier alpha value is -2.35. The van der Waals surface area contributed by atoms with Gasteiger partial charge in [0.25, 0.3) is 0 Å². The van der Waals surface area contributed by atoms with E-state index in [0.29, 0.717) is 6.42 Å². The summed E-state index contributed by atoms with van der Waals surface area (Å²) < 4.78 is 17.1. The fourth-order valence-corrected chi connectivity index (χ4v) is 9.02. The first kappa shape index (κ1) is 30.6. The Morgan fingerprint density at radius 2 is 0.939 bits per heavy atom. The first-order valence-corrected chi connectivity index (χ1v) is 17.0. The van der Waals surface area contributed by atoms with Gasteiger partial charge in [0.05, 0.1) is 0 Å². The number of allylic oxidation sites excluding steroid dienone is 9. The second-order valence-electron chi connectivity index (χ2n) is 7.12. The van der Waals surface area contributed by atoms with Crippen molar-refractivity contribution in [3.05, 3.63) is 72.9 Å². The van der Waals surface area contributed by atoms with E-state index in [2.05, 4.69) is 6.92 Å². The number of carbonyl (C=O) groups excluding carboxylic acids is 3. The van der Waals surface area contributed by atoms with Crippen LogP contribution in [-0.4, -0.2) is 37.5 Å². The molecule has 0 saturated carbocycles. The SMILES string of the molecule is C/C=C/C=C/C(=O)[O][Sn]([CH2]CCCCCCC)([O]C(=O)/C=C/C=C/C)[O]C(=O)/C=C/C=C/C. The van der Waals surface area contributed by atoms with Gasteiger partial charge in [0.15, 0.2) is 0 Å². The minimum atomic E-state index is -4.95. The maximum absolute atomic E-state index is 12.5. The third-order valence-electron chi connectivity index (χ3n) is 4.21. The summed E-state index contributed by atoms with van der Waals surface area (Å²) in [6, 6.07) is 0. The molecule has 33 heavy (non-hydrogen) atoms. The predicted octanol–water partition coefficient (Wildman–Crippen LogP) is 6.31. The van der Waals surface area contributed by atoms with E-state index in [1.165, 1.54) is 36.5 Å². The van der Waals surface area contributed by atoms with E-state index >= 15 is 0 Å². The second-order valence-corrected chi connectivity index (χ2v) is 14.2. The standard InChI is InChI=1S/C8H17.3C6H8O2.Sn/c1-3-5-7-8-6-4-2;3*1-2-3-4-5-6(7)8;/h1,3-8H2,2H3;3*2-5H,1H3,(H,7,8);/q;;;;+3/p-3/b;3*3-2+,5-4+;. The molecule has 0 bridgehead atoms. The first-order valence-electron chi connectivity index (χ1n) is 11.5. The summed E-state index contributed by atoms with van der Waals surface area (Å²) in [5.41, 5.74) is 0. The van der Waals surface area contributed by atoms with Crippen molar-refractivity contribution in [1.82, 2.24) is 0 Å². The molecule has 0 spiro atoms. The topological polar surface area (TPSA) is 78.9 Å². The van der Waals surface area contributed by atoms with Crippen LogP contribution in [0.25, 0.3) is 0 Å². The molecule has 0 fully saturated rings. The Bertz CT molecular complexity index is 670. The van der Waals surface area contributed by atoms with Gasteiger partial charge in [-0.1, -0.05) is 0 Å². The van der Waals surface area contributed by atoms with Crippen molar-refractivity contribution in [2.24, 2.45) is 0 Å². The summed E-state index contributed by atoms with van der Waals surface area (Å²) in [5, 5.41) is 0. The van der Waals surface area contributed by atoms with Crippen LogP contribution < -0.4 is 0 Å². The number of carbonyl (C=O) groups is 3. The zero-order valence-corrected chi connectivity index (χ0v) is 23.2. The van der Waals surface area contributed by atoms with E-state index in [4.69, 9.17) is 9.22 Å². The normalized spacial score (nSPS) is 12.7. The Morgan fingerprint density at radius 1 is 0.576 bits per heavy atom. The van der Waals surface area contributed by atoms with E-state index in [0.717, 1.165) is 32.1 Å². The number of unbranched alkanes of at least 4 members (excludes halogenated alkanes) is 5. The molecule has 0 amide bonds. The van der Waals surface area contributed by atoms with E-state index in [1.54, 1.807) is 36.5 Å². The van der Waals surface area contributed by atoms with Crippen LogP contribution in [0.15, 0.2) is 72.9 Å².